The van der Waals surface area contributed by atoms with Crippen molar-refractivity contribution < 1.29 is 14.7 Å². The largest absolute Gasteiger partial charge is 0.480 e. The highest BCUT2D eigenvalue weighted by Crippen LogP contribution is 2.31. The van der Waals surface area contributed by atoms with Crippen LogP contribution in [0.2, 0.25) is 0 Å². The van der Waals surface area contributed by atoms with Gasteiger partial charge in [0.05, 0.1) is 17.4 Å². The maximum atomic E-state index is 11.9. The number of amides is 1. The molecular weight excluding hydrogens is 388 g/mol. The molecule has 0 bridgehead atoms. The maximum absolute atomic E-state index is 11.9. The number of hydrogen-bond acceptors (Lipinski definition) is 7. The van der Waals surface area contributed by atoms with E-state index in [-0.39, 0.29) is 18.2 Å². The van der Waals surface area contributed by atoms with Crippen LogP contribution in [0, 0.1) is 0 Å². The summed E-state index contributed by atoms with van der Waals surface area (Å²) in [5, 5.41) is 25.4. The van der Waals surface area contributed by atoms with Crippen LogP contribution in [-0.2, 0) is 11.3 Å². The van der Waals surface area contributed by atoms with E-state index in [4.69, 9.17) is 10.8 Å². The number of nitrogens with one attached hydrogen (secondary N) is 1. The lowest BCUT2D eigenvalue weighted by molar-refractivity contribution is -0.137. The first kappa shape index (κ1) is 19.6. The standard InChI is InChI=1S/C19H22N8O3/c1-4-27-15(5-10(2)25(27)3)19-22-18(23-24-19)12-6-11(17(20)30)7-14-13(12)8-21-26(14)9-16(28)29/h5-8,10H,4,9H2,1-3H3,(H2,20,30)(H,28,29)(H,22,23,24). The Labute approximate surface area is 171 Å². The van der Waals surface area contributed by atoms with E-state index in [2.05, 4.69) is 50.2 Å². The highest BCUT2D eigenvalue weighted by Gasteiger charge is 2.28. The van der Waals surface area contributed by atoms with E-state index in [9.17, 15) is 9.59 Å². The van der Waals surface area contributed by atoms with Crippen molar-refractivity contribution in [2.75, 3.05) is 13.6 Å². The number of fused-ring (bicyclic) bond motifs is 1. The van der Waals surface area contributed by atoms with Gasteiger partial charge in [-0.1, -0.05) is 0 Å². The number of aromatic nitrogens is 5. The van der Waals surface area contributed by atoms with Crippen LogP contribution in [0.1, 0.15) is 30.0 Å². The number of rotatable bonds is 6. The van der Waals surface area contributed by atoms with Gasteiger partial charge in [0.15, 0.2) is 11.6 Å². The highest BCUT2D eigenvalue weighted by molar-refractivity contribution is 6.02. The molecule has 2 aromatic heterocycles. The third kappa shape index (κ3) is 3.18. The van der Waals surface area contributed by atoms with Crippen LogP contribution < -0.4 is 5.73 Å². The average molecular weight is 410 g/mol. The van der Waals surface area contributed by atoms with Crippen molar-refractivity contribution in [3.05, 3.63) is 35.8 Å². The topological polar surface area (TPSA) is 146 Å². The Morgan fingerprint density at radius 2 is 2.10 bits per heavy atom. The normalized spacial score (nSPS) is 17.0. The van der Waals surface area contributed by atoms with E-state index in [1.807, 2.05) is 7.05 Å². The summed E-state index contributed by atoms with van der Waals surface area (Å²) in [7, 11) is 2.01. The zero-order valence-electron chi connectivity index (χ0n) is 16.8. The van der Waals surface area contributed by atoms with Gasteiger partial charge in [0.25, 0.3) is 0 Å². The fourth-order valence-electron chi connectivity index (χ4n) is 3.66. The highest BCUT2D eigenvalue weighted by atomic mass is 16.4. The van der Waals surface area contributed by atoms with E-state index in [1.54, 1.807) is 6.07 Å². The molecule has 1 unspecified atom stereocenters. The summed E-state index contributed by atoms with van der Waals surface area (Å²) in [5.41, 5.74) is 7.64. The molecule has 1 aromatic carbocycles. The molecule has 11 heteroatoms. The molecule has 0 aliphatic carbocycles. The number of hydrazine groups is 1. The zero-order valence-corrected chi connectivity index (χ0v) is 16.8. The number of carbonyl (C=O) groups is 2. The molecule has 0 spiro atoms. The van der Waals surface area contributed by atoms with Crippen LogP contribution >= 0.6 is 0 Å². The predicted octanol–water partition coefficient (Wildman–Crippen LogP) is 0.917. The first-order valence-electron chi connectivity index (χ1n) is 9.46. The molecule has 1 amide bonds. The number of hydrogen-bond donors (Lipinski definition) is 3. The summed E-state index contributed by atoms with van der Waals surface area (Å²) in [6.45, 7) is 4.57. The maximum Gasteiger partial charge on any atom is 0.325 e. The van der Waals surface area contributed by atoms with E-state index in [1.165, 1.54) is 16.9 Å². The van der Waals surface area contributed by atoms with E-state index >= 15 is 0 Å². The molecule has 1 aliphatic rings. The molecule has 156 valence electrons. The lowest BCUT2D eigenvalue weighted by Crippen LogP contribution is -2.37. The van der Waals surface area contributed by atoms with Gasteiger partial charge in [0, 0.05) is 36.1 Å². The summed E-state index contributed by atoms with van der Waals surface area (Å²) < 4.78 is 1.30. The average Bonchev–Trinajstić information content (AvgIpc) is 3.40. The number of benzene rings is 1. The molecule has 0 fully saturated rings. The van der Waals surface area contributed by atoms with Crippen molar-refractivity contribution in [2.24, 2.45) is 5.73 Å². The fraction of sp³-hybridized carbons (Fsp3) is 0.316. The predicted molar refractivity (Wildman–Crippen MR) is 109 cm³/mol. The Balaban J connectivity index is 1.82. The minimum absolute atomic E-state index is 0.215. The Kier molecular flexibility index (Phi) is 4.74. The van der Waals surface area contributed by atoms with Gasteiger partial charge in [0.2, 0.25) is 5.91 Å². The molecule has 1 atom stereocenters. The first-order chi connectivity index (χ1) is 14.3. The van der Waals surface area contributed by atoms with Gasteiger partial charge in [-0.3, -0.25) is 19.4 Å². The van der Waals surface area contributed by atoms with Gasteiger partial charge in [-0.05, 0) is 32.1 Å². The van der Waals surface area contributed by atoms with Crippen LogP contribution in [0.4, 0.5) is 0 Å². The van der Waals surface area contributed by atoms with Crippen molar-refractivity contribution in [2.45, 2.75) is 26.4 Å². The number of carboxylic acids is 1. The van der Waals surface area contributed by atoms with E-state index in [0.29, 0.717) is 28.1 Å². The Morgan fingerprint density at radius 3 is 2.77 bits per heavy atom. The second kappa shape index (κ2) is 7.26. The number of H-pyrrole nitrogens is 1. The number of likely N-dealkylation sites (N-methyl/N-ethyl adjacent to an activating group) is 1. The van der Waals surface area contributed by atoms with E-state index < -0.39 is 11.9 Å². The molecule has 3 heterocycles. The first-order valence-corrected chi connectivity index (χ1v) is 9.46. The molecule has 0 saturated heterocycles. The number of nitrogens with zero attached hydrogens (tertiary/aromatic N) is 6. The second-order valence-electron chi connectivity index (χ2n) is 7.11. The van der Waals surface area contributed by atoms with Crippen LogP contribution in [-0.4, -0.2) is 71.6 Å². The van der Waals surface area contributed by atoms with Crippen molar-refractivity contribution >= 4 is 28.5 Å². The van der Waals surface area contributed by atoms with Crippen LogP contribution in [0.25, 0.3) is 28.0 Å². The molecular formula is C19H22N8O3. The number of primary amides is 1. The summed E-state index contributed by atoms with van der Waals surface area (Å²) in [6.07, 6.45) is 3.63. The third-order valence-corrected chi connectivity index (χ3v) is 5.25. The lowest BCUT2D eigenvalue weighted by atomic mass is 10.0. The molecule has 1 aliphatic heterocycles. The van der Waals surface area contributed by atoms with Gasteiger partial charge >= 0.3 is 5.97 Å². The smallest absolute Gasteiger partial charge is 0.325 e. The summed E-state index contributed by atoms with van der Waals surface area (Å²) in [5.74, 6) is -0.717. The Hall–Kier alpha value is -3.73. The summed E-state index contributed by atoms with van der Waals surface area (Å²) >= 11 is 0. The van der Waals surface area contributed by atoms with Gasteiger partial charge in [-0.15, -0.1) is 0 Å². The molecule has 0 radical (unpaired) electrons. The minimum atomic E-state index is -1.04. The lowest BCUT2D eigenvalue weighted by Gasteiger charge is -2.29. The van der Waals surface area contributed by atoms with Crippen molar-refractivity contribution in [1.29, 1.82) is 0 Å². The second-order valence-corrected chi connectivity index (χ2v) is 7.11. The Bertz CT molecular complexity index is 1180. The van der Waals surface area contributed by atoms with Crippen molar-refractivity contribution in [3.63, 3.8) is 0 Å². The number of aliphatic carboxylic acids is 1. The summed E-state index contributed by atoms with van der Waals surface area (Å²) in [6, 6.07) is 3.34. The summed E-state index contributed by atoms with van der Waals surface area (Å²) in [4.78, 5) is 27.6. The zero-order chi connectivity index (χ0) is 21.6. The molecule has 4 N–H and O–H groups in total. The molecule has 4 rings (SSSR count). The number of nitrogens with two attached hydrogens (primary N) is 1. The molecule has 0 saturated carbocycles. The number of aromatic amines is 1. The van der Waals surface area contributed by atoms with Gasteiger partial charge in [0.1, 0.15) is 6.54 Å². The fourth-order valence-corrected chi connectivity index (χ4v) is 3.66. The van der Waals surface area contributed by atoms with E-state index in [0.717, 1.165) is 12.2 Å². The SMILES string of the molecule is CCN1C(c2nc(-c3cc(C(N)=O)cc4c3cnn4CC(=O)O)n[nH]2)=CC(C)N1C. The quantitative estimate of drug-likeness (QED) is 0.544. The number of carboxylic acid groups (broad SMARTS) is 1. The third-order valence-electron chi connectivity index (χ3n) is 5.25. The van der Waals surface area contributed by atoms with Gasteiger partial charge < -0.3 is 15.8 Å². The van der Waals surface area contributed by atoms with Gasteiger partial charge in [-0.25, -0.2) is 9.99 Å². The minimum Gasteiger partial charge on any atom is -0.480 e. The van der Waals surface area contributed by atoms with Crippen molar-refractivity contribution in [3.8, 4) is 11.4 Å². The number of carbonyl (C=O) groups excluding carboxylic acids is 1. The molecule has 3 aromatic rings. The molecule has 11 nitrogen and oxygen atoms in total. The van der Waals surface area contributed by atoms with Crippen LogP contribution in [0.5, 0.6) is 0 Å². The van der Waals surface area contributed by atoms with Gasteiger partial charge in [-0.2, -0.15) is 10.2 Å². The molecule has 30 heavy (non-hydrogen) atoms. The Morgan fingerprint density at radius 1 is 1.33 bits per heavy atom. The van der Waals surface area contributed by atoms with Crippen LogP contribution in [0.15, 0.2) is 24.4 Å². The monoisotopic (exact) mass is 410 g/mol. The van der Waals surface area contributed by atoms with Crippen molar-refractivity contribution in [1.82, 2.24) is 35.0 Å². The van der Waals surface area contributed by atoms with Crippen LogP contribution in [0.3, 0.4) is 0 Å².